The summed E-state index contributed by atoms with van der Waals surface area (Å²) in [6.45, 7) is 14.3. The predicted octanol–water partition coefficient (Wildman–Crippen LogP) is 2.66. The van der Waals surface area contributed by atoms with Gasteiger partial charge in [-0.05, 0) is 39.8 Å². The van der Waals surface area contributed by atoms with Crippen molar-refractivity contribution >= 4 is 0 Å². The molecule has 18 heavy (non-hydrogen) atoms. The Morgan fingerprint density at radius 1 is 1.17 bits per heavy atom. The van der Waals surface area contributed by atoms with Gasteiger partial charge in [0.05, 0.1) is 13.2 Å². The van der Waals surface area contributed by atoms with E-state index in [1.54, 1.807) is 0 Å². The van der Waals surface area contributed by atoms with E-state index in [9.17, 15) is 0 Å². The molecule has 0 bridgehead atoms. The molecule has 1 fully saturated rings. The number of hydrogen-bond donors (Lipinski definition) is 1. The lowest BCUT2D eigenvalue weighted by atomic mass is 10.0. The second-order valence-electron chi connectivity index (χ2n) is 6.38. The van der Waals surface area contributed by atoms with Crippen LogP contribution in [0.4, 0.5) is 0 Å². The van der Waals surface area contributed by atoms with Crippen LogP contribution < -0.4 is 5.32 Å². The molecule has 0 aromatic heterocycles. The minimum absolute atomic E-state index is 0.234. The van der Waals surface area contributed by atoms with E-state index in [0.29, 0.717) is 6.04 Å². The summed E-state index contributed by atoms with van der Waals surface area (Å²) in [4.78, 5) is 2.59. The zero-order valence-corrected chi connectivity index (χ0v) is 12.8. The minimum atomic E-state index is 0.234. The average molecular weight is 256 g/mol. The second-order valence-corrected chi connectivity index (χ2v) is 6.38. The number of nitrogens with one attached hydrogen (secondary N) is 1. The van der Waals surface area contributed by atoms with Crippen LogP contribution in [0.5, 0.6) is 0 Å². The number of rotatable bonds is 8. The molecule has 0 radical (unpaired) electrons. The molecule has 0 amide bonds. The number of hydrogen-bond acceptors (Lipinski definition) is 3. The molecule has 1 rings (SSSR count). The fourth-order valence-electron chi connectivity index (χ4n) is 2.48. The lowest BCUT2D eigenvalue weighted by Crippen LogP contribution is -2.53. The molecule has 0 spiro atoms. The Morgan fingerprint density at radius 3 is 2.56 bits per heavy atom. The van der Waals surface area contributed by atoms with Crippen LogP contribution in [0.25, 0.3) is 0 Å². The molecule has 1 saturated heterocycles. The molecule has 0 saturated carbocycles. The zero-order valence-electron chi connectivity index (χ0n) is 12.8. The minimum Gasteiger partial charge on any atom is -0.378 e. The van der Waals surface area contributed by atoms with Crippen LogP contribution in [0.1, 0.15) is 53.4 Å². The van der Waals surface area contributed by atoms with Gasteiger partial charge < -0.3 is 10.1 Å². The Kier molecular flexibility index (Phi) is 7.20. The highest BCUT2D eigenvalue weighted by molar-refractivity contribution is 4.84. The summed E-state index contributed by atoms with van der Waals surface area (Å²) in [5, 5.41) is 3.47. The van der Waals surface area contributed by atoms with E-state index in [1.807, 2.05) is 0 Å². The topological polar surface area (TPSA) is 24.5 Å². The van der Waals surface area contributed by atoms with Gasteiger partial charge in [0, 0.05) is 18.1 Å². The van der Waals surface area contributed by atoms with E-state index in [2.05, 4.69) is 37.9 Å². The molecule has 3 nitrogen and oxygen atoms in total. The van der Waals surface area contributed by atoms with Crippen LogP contribution in [0.15, 0.2) is 0 Å². The number of morpholine rings is 1. The highest BCUT2D eigenvalue weighted by atomic mass is 16.5. The van der Waals surface area contributed by atoms with Crippen LogP contribution >= 0.6 is 0 Å². The highest BCUT2D eigenvalue weighted by Gasteiger charge is 2.29. The average Bonchev–Trinajstić information content (AvgIpc) is 2.29. The summed E-state index contributed by atoms with van der Waals surface area (Å²) in [5.74, 6) is 0. The van der Waals surface area contributed by atoms with Gasteiger partial charge in [-0.25, -0.2) is 0 Å². The van der Waals surface area contributed by atoms with Crippen molar-refractivity contribution in [2.24, 2.45) is 0 Å². The first-order chi connectivity index (χ1) is 8.52. The van der Waals surface area contributed by atoms with Crippen molar-refractivity contribution in [2.75, 3.05) is 32.8 Å². The first-order valence-corrected chi connectivity index (χ1v) is 7.58. The molecule has 1 N–H and O–H groups in total. The maximum absolute atomic E-state index is 5.55. The quantitative estimate of drug-likeness (QED) is 0.676. The van der Waals surface area contributed by atoms with E-state index in [0.717, 1.165) is 19.8 Å². The highest BCUT2D eigenvalue weighted by Crippen LogP contribution is 2.19. The van der Waals surface area contributed by atoms with Crippen molar-refractivity contribution in [2.45, 2.75) is 65.0 Å². The predicted molar refractivity (Wildman–Crippen MR) is 78.1 cm³/mol. The van der Waals surface area contributed by atoms with Gasteiger partial charge in [-0.2, -0.15) is 0 Å². The maximum atomic E-state index is 5.55. The molecule has 1 heterocycles. The van der Waals surface area contributed by atoms with E-state index in [1.165, 1.54) is 38.8 Å². The van der Waals surface area contributed by atoms with Crippen LogP contribution in [0.3, 0.4) is 0 Å². The van der Waals surface area contributed by atoms with E-state index < -0.39 is 0 Å². The molecule has 0 atom stereocenters. The third-order valence-corrected chi connectivity index (χ3v) is 3.72. The third-order valence-electron chi connectivity index (χ3n) is 3.72. The van der Waals surface area contributed by atoms with Crippen LogP contribution in [0.2, 0.25) is 0 Å². The lowest BCUT2D eigenvalue weighted by molar-refractivity contribution is -0.0513. The molecule has 108 valence electrons. The van der Waals surface area contributed by atoms with Crippen molar-refractivity contribution in [3.63, 3.8) is 0 Å². The lowest BCUT2D eigenvalue weighted by Gasteiger charge is -2.42. The van der Waals surface area contributed by atoms with Gasteiger partial charge >= 0.3 is 0 Å². The molecule has 3 heteroatoms. The molecule has 1 aliphatic heterocycles. The van der Waals surface area contributed by atoms with E-state index in [-0.39, 0.29) is 5.54 Å². The molecular formula is C15H32N2O. The molecule has 0 unspecified atom stereocenters. The molecule has 0 aliphatic carbocycles. The summed E-state index contributed by atoms with van der Waals surface area (Å²) in [5.41, 5.74) is 0.234. The molecule has 0 aromatic rings. The molecule has 1 aliphatic rings. The number of unbranched alkanes of at least 4 members (excludes halogenated alkanes) is 3. The number of nitrogens with zero attached hydrogens (tertiary/aromatic N) is 1. The Hall–Kier alpha value is -0.120. The van der Waals surface area contributed by atoms with Gasteiger partial charge in [0.15, 0.2) is 0 Å². The first kappa shape index (κ1) is 15.9. The van der Waals surface area contributed by atoms with Crippen molar-refractivity contribution in [1.82, 2.24) is 10.2 Å². The van der Waals surface area contributed by atoms with Gasteiger partial charge in [-0.15, -0.1) is 0 Å². The van der Waals surface area contributed by atoms with Crippen molar-refractivity contribution in [3.05, 3.63) is 0 Å². The van der Waals surface area contributed by atoms with E-state index in [4.69, 9.17) is 4.74 Å². The van der Waals surface area contributed by atoms with Crippen molar-refractivity contribution in [1.29, 1.82) is 0 Å². The van der Waals surface area contributed by atoms with Gasteiger partial charge in [0.2, 0.25) is 0 Å². The van der Waals surface area contributed by atoms with Gasteiger partial charge in [-0.1, -0.05) is 26.7 Å². The molecular weight excluding hydrogens is 224 g/mol. The fourth-order valence-corrected chi connectivity index (χ4v) is 2.48. The Balaban J connectivity index is 2.00. The Bertz CT molecular complexity index is 217. The summed E-state index contributed by atoms with van der Waals surface area (Å²) in [6.07, 6.45) is 5.34. The normalized spacial score (nSPS) is 20.5. The third kappa shape index (κ3) is 6.17. The smallest absolute Gasteiger partial charge is 0.0645 e. The van der Waals surface area contributed by atoms with E-state index >= 15 is 0 Å². The van der Waals surface area contributed by atoms with Gasteiger partial charge in [0.25, 0.3) is 0 Å². The standard InChI is InChI=1S/C15H32N2O/c1-14(2)16-9-7-5-6-8-10-17-11-12-18-13-15(17,3)4/h14,16H,5-13H2,1-4H3. The van der Waals surface area contributed by atoms with Crippen molar-refractivity contribution < 1.29 is 4.74 Å². The van der Waals surface area contributed by atoms with Gasteiger partial charge in [-0.3, -0.25) is 4.90 Å². The largest absolute Gasteiger partial charge is 0.378 e. The van der Waals surface area contributed by atoms with Crippen LogP contribution in [-0.4, -0.2) is 49.3 Å². The summed E-state index contributed by atoms with van der Waals surface area (Å²) < 4.78 is 5.55. The number of ether oxygens (including phenoxy) is 1. The fraction of sp³-hybridized carbons (Fsp3) is 1.00. The monoisotopic (exact) mass is 256 g/mol. The van der Waals surface area contributed by atoms with Gasteiger partial charge in [0.1, 0.15) is 0 Å². The van der Waals surface area contributed by atoms with Crippen LogP contribution in [-0.2, 0) is 4.74 Å². The summed E-state index contributed by atoms with van der Waals surface area (Å²) in [6, 6.07) is 0.624. The summed E-state index contributed by atoms with van der Waals surface area (Å²) >= 11 is 0. The maximum Gasteiger partial charge on any atom is 0.0645 e. The summed E-state index contributed by atoms with van der Waals surface area (Å²) in [7, 11) is 0. The molecule has 0 aromatic carbocycles. The zero-order chi connectivity index (χ0) is 13.4. The Labute approximate surface area is 113 Å². The SMILES string of the molecule is CC(C)NCCCCCCN1CCOCC1(C)C. The van der Waals surface area contributed by atoms with Crippen molar-refractivity contribution in [3.8, 4) is 0 Å². The Morgan fingerprint density at radius 2 is 1.89 bits per heavy atom. The first-order valence-electron chi connectivity index (χ1n) is 7.58. The van der Waals surface area contributed by atoms with Crippen LogP contribution in [0, 0.1) is 0 Å². The second kappa shape index (κ2) is 8.13.